The molecule has 0 aromatic rings. The second-order valence-corrected chi connectivity index (χ2v) is 19.1. The molecular weight excluding hydrogens is 569 g/mol. The van der Waals surface area contributed by atoms with E-state index in [0.717, 1.165) is 7.06 Å². The maximum atomic E-state index is 5.50. The molecule has 0 aliphatic rings. The van der Waals surface area contributed by atoms with Gasteiger partial charge in [0.25, 0.3) is 0 Å². The predicted octanol–water partition coefficient (Wildman–Crippen LogP) is 13.5. The molecule has 0 radical (unpaired) electrons. The normalized spacial score (nSPS) is 11.2. The highest BCUT2D eigenvalue weighted by Gasteiger charge is 2.04. The molecule has 202 valence electrons. The van der Waals surface area contributed by atoms with Gasteiger partial charge in [-0.15, -0.1) is 23.5 Å². The first-order valence-corrected chi connectivity index (χ1v) is 21.3. The van der Waals surface area contributed by atoms with Gasteiger partial charge in [0.1, 0.15) is 7.06 Å². The van der Waals surface area contributed by atoms with E-state index in [1.165, 1.54) is 140 Å². The summed E-state index contributed by atoms with van der Waals surface area (Å²) in [6.45, 7) is 4.57. The fourth-order valence-electron chi connectivity index (χ4n) is 3.62. The largest absolute Gasteiger partial charge is 0.115 e. The third kappa shape index (κ3) is 30.5. The Morgan fingerprint density at radius 3 is 0.971 bits per heavy atom. The minimum Gasteiger partial charge on any atom is -0.107 e. The quantitative estimate of drug-likeness (QED) is 0.0556. The lowest BCUT2D eigenvalue weighted by molar-refractivity contribution is 0.563. The lowest BCUT2D eigenvalue weighted by atomic mass is 10.1. The highest BCUT2D eigenvalue weighted by Crippen LogP contribution is 2.47. The van der Waals surface area contributed by atoms with Gasteiger partial charge >= 0.3 is 0 Å². The monoisotopic (exact) mass is 618 g/mol. The molecule has 0 saturated heterocycles. The van der Waals surface area contributed by atoms with E-state index in [1.807, 2.05) is 23.5 Å². The molecule has 0 bridgehead atoms. The molecule has 0 saturated carbocycles. The van der Waals surface area contributed by atoms with Crippen LogP contribution in [-0.4, -0.2) is 18.6 Å². The lowest BCUT2D eigenvalue weighted by Gasteiger charge is -2.04. The van der Waals surface area contributed by atoms with E-state index < -0.39 is 0 Å². The van der Waals surface area contributed by atoms with E-state index in [4.69, 9.17) is 24.4 Å². The molecular formula is C26H50S8. The molecule has 0 spiro atoms. The maximum absolute atomic E-state index is 5.50. The summed E-state index contributed by atoms with van der Waals surface area (Å²) in [7, 11) is 6.99. The fraction of sp³-hybridized carbons (Fsp3) is 0.923. The lowest BCUT2D eigenvalue weighted by Crippen LogP contribution is -1.86. The Morgan fingerprint density at radius 1 is 0.412 bits per heavy atom. The topological polar surface area (TPSA) is 0 Å². The minimum absolute atomic E-state index is 1.07. The van der Waals surface area contributed by atoms with E-state index in [-0.39, 0.29) is 0 Å². The van der Waals surface area contributed by atoms with Crippen molar-refractivity contribution in [2.75, 3.05) is 11.5 Å². The van der Waals surface area contributed by atoms with Crippen molar-refractivity contribution in [1.29, 1.82) is 0 Å². The smallest absolute Gasteiger partial charge is 0.107 e. The van der Waals surface area contributed by atoms with Crippen LogP contribution in [0.4, 0.5) is 0 Å². The summed E-state index contributed by atoms with van der Waals surface area (Å²) >= 11 is 14.7. The Hall–Kier alpha value is 2.28. The summed E-state index contributed by atoms with van der Waals surface area (Å²) in [6, 6.07) is 0. The van der Waals surface area contributed by atoms with Crippen LogP contribution in [0.2, 0.25) is 0 Å². The van der Waals surface area contributed by atoms with E-state index in [1.54, 1.807) is 41.2 Å². The number of hydrogen-bond donors (Lipinski definition) is 0. The molecule has 34 heavy (non-hydrogen) atoms. The van der Waals surface area contributed by atoms with E-state index >= 15 is 0 Å². The van der Waals surface area contributed by atoms with Gasteiger partial charge in [-0.2, -0.15) is 0 Å². The molecule has 0 fully saturated rings. The van der Waals surface area contributed by atoms with Crippen LogP contribution in [0.1, 0.15) is 142 Å². The van der Waals surface area contributed by atoms with Gasteiger partial charge in [-0.3, -0.25) is 0 Å². The predicted molar refractivity (Wildman–Crippen MR) is 184 cm³/mol. The van der Waals surface area contributed by atoms with Gasteiger partial charge in [-0.1, -0.05) is 154 Å². The van der Waals surface area contributed by atoms with Crippen molar-refractivity contribution in [2.24, 2.45) is 0 Å². The Kier molecular flexibility index (Phi) is 33.6. The number of rotatable bonds is 25. The zero-order valence-corrected chi connectivity index (χ0v) is 28.4. The van der Waals surface area contributed by atoms with Crippen LogP contribution in [0.25, 0.3) is 0 Å². The van der Waals surface area contributed by atoms with E-state index in [9.17, 15) is 0 Å². The minimum atomic E-state index is 1.07. The molecule has 0 unspecified atom stereocenters. The summed E-state index contributed by atoms with van der Waals surface area (Å²) in [5.41, 5.74) is 0. The van der Waals surface area contributed by atoms with E-state index in [0.29, 0.717) is 0 Å². The van der Waals surface area contributed by atoms with Crippen molar-refractivity contribution in [3.8, 4) is 0 Å². The molecule has 0 atom stereocenters. The summed E-state index contributed by atoms with van der Waals surface area (Å²) in [4.78, 5) is 0. The zero-order chi connectivity index (χ0) is 25.0. The molecule has 0 aliphatic carbocycles. The molecule has 0 amide bonds. The SMILES string of the molecule is CCCCCCCCCCCCSC(=S)SSSSC(=S)SCCCCCCCCCCCC. The molecule has 0 aromatic heterocycles. The first-order valence-electron chi connectivity index (χ1n) is 13.7. The van der Waals surface area contributed by atoms with Gasteiger partial charge in [0, 0.05) is 0 Å². The molecule has 0 heterocycles. The fourth-order valence-corrected chi connectivity index (χ4v) is 13.6. The Morgan fingerprint density at radius 2 is 0.676 bits per heavy atom. The van der Waals surface area contributed by atoms with Crippen LogP contribution in [0.15, 0.2) is 0 Å². The number of thioether (sulfide) groups is 2. The van der Waals surface area contributed by atoms with Crippen molar-refractivity contribution in [2.45, 2.75) is 142 Å². The molecule has 0 nitrogen and oxygen atoms in total. The van der Waals surface area contributed by atoms with Crippen LogP contribution in [-0.2, 0) is 0 Å². The van der Waals surface area contributed by atoms with Gasteiger partial charge in [-0.25, -0.2) is 0 Å². The standard InChI is InChI=1S/C26H50S8/c1-3-5-7-9-11-13-15-17-19-21-23-29-25(27)31-33-34-32-26(28)30-24-22-20-18-16-14-12-10-8-6-4-2/h3-24H2,1-2H3. The highest BCUT2D eigenvalue weighted by molar-refractivity contribution is 9.30. The Bertz CT molecular complexity index is 405. The average Bonchev–Trinajstić information content (AvgIpc) is 2.83. The number of thiocarbonyl (C=S) groups is 2. The van der Waals surface area contributed by atoms with E-state index in [2.05, 4.69) is 13.8 Å². The Balaban J connectivity index is 3.28. The van der Waals surface area contributed by atoms with Crippen molar-refractivity contribution in [1.82, 2.24) is 0 Å². The first kappa shape index (κ1) is 36.3. The van der Waals surface area contributed by atoms with Crippen LogP contribution in [0, 0.1) is 0 Å². The molecule has 0 N–H and O–H groups in total. The van der Waals surface area contributed by atoms with Crippen LogP contribution < -0.4 is 0 Å². The summed E-state index contributed by atoms with van der Waals surface area (Å²) in [5.74, 6) is 2.35. The molecule has 0 aromatic carbocycles. The van der Waals surface area contributed by atoms with Gasteiger partial charge in [0.15, 0.2) is 0 Å². The maximum Gasteiger partial charge on any atom is 0.115 e. The van der Waals surface area contributed by atoms with Crippen molar-refractivity contribution in [3.63, 3.8) is 0 Å². The summed E-state index contributed by atoms with van der Waals surface area (Å²) in [6.07, 6.45) is 27.9. The second-order valence-electron chi connectivity index (χ2n) is 8.86. The highest BCUT2D eigenvalue weighted by atomic mass is 33.7. The van der Waals surface area contributed by atoms with Crippen LogP contribution in [0.3, 0.4) is 0 Å². The molecule has 0 aliphatic heterocycles. The van der Waals surface area contributed by atoms with Crippen LogP contribution >= 0.6 is 89.2 Å². The number of hydrogen-bond acceptors (Lipinski definition) is 8. The molecule has 8 heteroatoms. The second kappa shape index (κ2) is 31.5. The van der Waals surface area contributed by atoms with Gasteiger partial charge in [0.05, 0.1) is 0 Å². The Labute approximate surface area is 248 Å². The average molecular weight is 619 g/mol. The van der Waals surface area contributed by atoms with Crippen molar-refractivity contribution in [3.05, 3.63) is 0 Å². The van der Waals surface area contributed by atoms with Gasteiger partial charge < -0.3 is 0 Å². The third-order valence-electron chi connectivity index (χ3n) is 5.67. The van der Waals surface area contributed by atoms with Gasteiger partial charge in [-0.05, 0) is 65.6 Å². The van der Waals surface area contributed by atoms with Crippen molar-refractivity contribution < 1.29 is 0 Å². The summed E-state index contributed by atoms with van der Waals surface area (Å²) in [5, 5.41) is 0. The van der Waals surface area contributed by atoms with Crippen molar-refractivity contribution >= 4 is 96.3 Å². The summed E-state index contributed by atoms with van der Waals surface area (Å²) < 4.78 is 2.14. The molecule has 0 rings (SSSR count). The van der Waals surface area contributed by atoms with Gasteiger partial charge in [0.2, 0.25) is 0 Å². The first-order chi connectivity index (χ1) is 16.7. The zero-order valence-electron chi connectivity index (χ0n) is 21.8. The van der Waals surface area contributed by atoms with Crippen LogP contribution in [0.5, 0.6) is 0 Å². The third-order valence-corrected chi connectivity index (χ3v) is 16.1. The number of unbranched alkanes of at least 4 members (excludes halogenated alkanes) is 18.